The average Bonchev–Trinajstić information content (AvgIpc) is 3.53. The first-order chi connectivity index (χ1) is 14.5. The number of carbonyl (C=O) groups excluding carboxylic acids is 1. The van der Waals surface area contributed by atoms with Gasteiger partial charge in [-0.3, -0.25) is 4.79 Å². The summed E-state index contributed by atoms with van der Waals surface area (Å²) >= 11 is 0. The van der Waals surface area contributed by atoms with Gasteiger partial charge in [0.05, 0.1) is 14.2 Å². The molecule has 1 aliphatic heterocycles. The second-order valence-corrected chi connectivity index (χ2v) is 8.85. The summed E-state index contributed by atoms with van der Waals surface area (Å²) in [7, 11) is 3.34. The molecule has 1 saturated carbocycles. The van der Waals surface area contributed by atoms with Crippen molar-refractivity contribution < 1.29 is 24.1 Å². The fourth-order valence-electron chi connectivity index (χ4n) is 4.87. The summed E-state index contributed by atoms with van der Waals surface area (Å²) in [4.78, 5) is 15.9. The van der Waals surface area contributed by atoms with Gasteiger partial charge in [-0.05, 0) is 51.0 Å². The third kappa shape index (κ3) is 4.40. The third-order valence-corrected chi connectivity index (χ3v) is 6.67. The minimum atomic E-state index is 0.299. The lowest BCUT2D eigenvalue weighted by atomic mass is 10.1. The number of quaternary nitrogens is 2. The van der Waals surface area contributed by atoms with Crippen LogP contribution in [0, 0.1) is 13.8 Å². The Balaban J connectivity index is 1.31. The number of aryl methyl sites for hydroxylation is 1. The van der Waals surface area contributed by atoms with E-state index < -0.39 is 0 Å². The van der Waals surface area contributed by atoms with E-state index >= 15 is 0 Å². The van der Waals surface area contributed by atoms with Crippen LogP contribution >= 0.6 is 0 Å². The Labute approximate surface area is 179 Å². The fourth-order valence-corrected chi connectivity index (χ4v) is 4.87. The highest BCUT2D eigenvalue weighted by Crippen LogP contribution is 2.38. The minimum Gasteiger partial charge on any atom is -0.493 e. The minimum absolute atomic E-state index is 0.299. The number of hydrogen-bond donors (Lipinski definition) is 2. The number of methoxy groups -OCH3 is 2. The first kappa shape index (κ1) is 20.9. The van der Waals surface area contributed by atoms with E-state index in [9.17, 15) is 4.79 Å². The zero-order chi connectivity index (χ0) is 21.3. The van der Waals surface area contributed by atoms with Crippen LogP contribution in [0.5, 0.6) is 11.5 Å². The molecule has 0 atom stereocenters. The van der Waals surface area contributed by atoms with Gasteiger partial charge in [-0.15, -0.1) is 0 Å². The van der Waals surface area contributed by atoms with Gasteiger partial charge in [0.15, 0.2) is 11.5 Å². The van der Waals surface area contributed by atoms with E-state index in [1.165, 1.54) is 29.0 Å². The third-order valence-electron chi connectivity index (χ3n) is 6.67. The maximum Gasteiger partial charge on any atom is 0.218 e. The van der Waals surface area contributed by atoms with Crippen LogP contribution in [0.25, 0.3) is 0 Å². The van der Waals surface area contributed by atoms with Gasteiger partial charge in [0.25, 0.3) is 0 Å². The number of benzene rings is 1. The van der Waals surface area contributed by atoms with Gasteiger partial charge < -0.3 is 23.8 Å². The highest BCUT2D eigenvalue weighted by atomic mass is 16.5. The van der Waals surface area contributed by atoms with Crippen LogP contribution in [0.3, 0.4) is 0 Å². The second kappa shape index (κ2) is 8.82. The highest BCUT2D eigenvalue weighted by Gasteiger charge is 2.30. The van der Waals surface area contributed by atoms with Crippen molar-refractivity contribution in [2.45, 2.75) is 39.3 Å². The zero-order valence-electron chi connectivity index (χ0n) is 18.7. The number of ether oxygens (including phenoxy) is 2. The molecule has 162 valence electrons. The van der Waals surface area contributed by atoms with E-state index in [2.05, 4.69) is 36.6 Å². The maximum absolute atomic E-state index is 13.0. The number of nitrogens with one attached hydrogen (secondary N) is 2. The summed E-state index contributed by atoms with van der Waals surface area (Å²) in [6, 6.07) is 8.90. The number of carbonyl (C=O) groups is 1. The van der Waals surface area contributed by atoms with Crippen LogP contribution in [0.4, 0.5) is 0 Å². The molecule has 0 unspecified atom stereocenters. The smallest absolute Gasteiger partial charge is 0.218 e. The molecule has 6 nitrogen and oxygen atoms in total. The largest absolute Gasteiger partial charge is 0.493 e. The Morgan fingerprint density at radius 1 is 1.00 bits per heavy atom. The zero-order valence-corrected chi connectivity index (χ0v) is 18.7. The second-order valence-electron chi connectivity index (χ2n) is 8.85. The molecule has 1 saturated heterocycles. The summed E-state index contributed by atoms with van der Waals surface area (Å²) < 4.78 is 13.1. The molecule has 1 aromatic carbocycles. The van der Waals surface area contributed by atoms with E-state index in [-0.39, 0.29) is 0 Å². The van der Waals surface area contributed by atoms with Crippen LogP contribution in [-0.4, -0.2) is 57.3 Å². The molecule has 0 amide bonds. The van der Waals surface area contributed by atoms with E-state index in [4.69, 9.17) is 9.47 Å². The summed E-state index contributed by atoms with van der Waals surface area (Å²) in [5.41, 5.74) is 4.59. The van der Waals surface area contributed by atoms with Crippen molar-refractivity contribution in [2.24, 2.45) is 0 Å². The Bertz CT molecular complexity index is 909. The van der Waals surface area contributed by atoms with Gasteiger partial charge in [0.1, 0.15) is 39.3 Å². The van der Waals surface area contributed by atoms with Crippen molar-refractivity contribution in [3.63, 3.8) is 0 Å². The molecule has 1 aliphatic carbocycles. The summed E-state index contributed by atoms with van der Waals surface area (Å²) in [5, 5.41) is 0. The van der Waals surface area contributed by atoms with Gasteiger partial charge in [0, 0.05) is 28.6 Å². The molecule has 2 aliphatic rings. The molecule has 2 aromatic rings. The first-order valence-corrected chi connectivity index (χ1v) is 11.1. The molecule has 2 fully saturated rings. The Kier molecular flexibility index (Phi) is 6.16. The molecule has 6 heteroatoms. The molecule has 2 heterocycles. The number of ketones is 1. The molecule has 0 bridgehead atoms. The Morgan fingerprint density at radius 3 is 2.30 bits per heavy atom. The molecule has 30 heavy (non-hydrogen) atoms. The SMILES string of the molecule is COc1ccc(C[NH+]2CC[NH+](CC(=O)c3cc(C)n(C4CC4)c3C)CC2)cc1OC. The lowest BCUT2D eigenvalue weighted by molar-refractivity contribution is -1.01. The van der Waals surface area contributed by atoms with Gasteiger partial charge in [-0.2, -0.15) is 0 Å². The molecule has 0 spiro atoms. The number of piperazine rings is 1. The van der Waals surface area contributed by atoms with Crippen molar-refractivity contribution in [2.75, 3.05) is 46.9 Å². The highest BCUT2D eigenvalue weighted by molar-refractivity contribution is 5.98. The van der Waals surface area contributed by atoms with Crippen LogP contribution in [0.1, 0.15) is 46.2 Å². The Morgan fingerprint density at radius 2 is 1.67 bits per heavy atom. The predicted molar refractivity (Wildman–Crippen MR) is 116 cm³/mol. The first-order valence-electron chi connectivity index (χ1n) is 11.1. The number of nitrogens with zero attached hydrogens (tertiary/aromatic N) is 1. The lowest BCUT2D eigenvalue weighted by Crippen LogP contribution is -3.27. The molecular formula is C24H35N3O3+2. The standard InChI is InChI=1S/C24H33N3O3/c1-17-13-21(18(2)27(17)20-6-7-20)22(28)16-26-11-9-25(10-12-26)15-19-5-8-23(29-3)24(14-19)30-4/h5,8,13-14,20H,6-7,9-12,15-16H2,1-4H3/p+2. The Hall–Kier alpha value is -2.31. The molecular weight excluding hydrogens is 378 g/mol. The number of aromatic nitrogens is 1. The van der Waals surface area contributed by atoms with E-state index in [1.807, 2.05) is 6.07 Å². The van der Waals surface area contributed by atoms with Gasteiger partial charge in [-0.1, -0.05) is 0 Å². The van der Waals surface area contributed by atoms with Gasteiger partial charge in [-0.25, -0.2) is 0 Å². The van der Waals surface area contributed by atoms with Crippen LogP contribution in [0.2, 0.25) is 0 Å². The normalized spacial score (nSPS) is 21.5. The fraction of sp³-hybridized carbons (Fsp3) is 0.542. The molecule has 1 aromatic heterocycles. The number of rotatable bonds is 8. The molecule has 0 radical (unpaired) electrons. The lowest BCUT2D eigenvalue weighted by Gasteiger charge is -2.29. The number of hydrogen-bond acceptors (Lipinski definition) is 3. The monoisotopic (exact) mass is 413 g/mol. The number of Topliss-reactive ketones (excluding diaryl/α,β-unsaturated/α-hetero) is 1. The van der Waals surface area contributed by atoms with Gasteiger partial charge in [0.2, 0.25) is 5.78 Å². The summed E-state index contributed by atoms with van der Waals surface area (Å²) in [6.07, 6.45) is 2.50. The van der Waals surface area contributed by atoms with Crippen LogP contribution < -0.4 is 19.3 Å². The summed E-state index contributed by atoms with van der Waals surface area (Å²) in [5.74, 6) is 1.85. The topological polar surface area (TPSA) is 49.3 Å². The predicted octanol–water partition coefficient (Wildman–Crippen LogP) is 0.623. The summed E-state index contributed by atoms with van der Waals surface area (Å²) in [6.45, 7) is 10.1. The van der Waals surface area contributed by atoms with Crippen molar-refractivity contribution in [3.8, 4) is 11.5 Å². The van der Waals surface area contributed by atoms with Crippen LogP contribution in [0.15, 0.2) is 24.3 Å². The van der Waals surface area contributed by atoms with Crippen molar-refractivity contribution >= 4 is 5.78 Å². The quantitative estimate of drug-likeness (QED) is 0.624. The van der Waals surface area contributed by atoms with Crippen molar-refractivity contribution in [3.05, 3.63) is 46.8 Å². The molecule has 2 N–H and O–H groups in total. The van der Waals surface area contributed by atoms with Crippen molar-refractivity contribution in [1.29, 1.82) is 0 Å². The molecule has 4 rings (SSSR count). The van der Waals surface area contributed by atoms with Crippen LogP contribution in [-0.2, 0) is 6.54 Å². The maximum atomic E-state index is 13.0. The van der Waals surface area contributed by atoms with E-state index in [1.54, 1.807) is 19.1 Å². The van der Waals surface area contributed by atoms with E-state index in [0.717, 1.165) is 55.5 Å². The van der Waals surface area contributed by atoms with Crippen molar-refractivity contribution in [1.82, 2.24) is 4.57 Å². The van der Waals surface area contributed by atoms with E-state index in [0.29, 0.717) is 18.4 Å². The van der Waals surface area contributed by atoms with Gasteiger partial charge >= 0.3 is 0 Å². The average molecular weight is 414 g/mol.